The maximum Gasteiger partial charge on any atom is 0.187 e. The van der Waals surface area contributed by atoms with Crippen LogP contribution in [0.2, 0.25) is 0 Å². The zero-order chi connectivity index (χ0) is 19.8. The number of ether oxygens (including phenoxy) is 1. The van der Waals surface area contributed by atoms with Crippen LogP contribution in [-0.4, -0.2) is 10.9 Å². The molecule has 0 radical (unpaired) electrons. The normalized spacial score (nSPS) is 22.4. The fourth-order valence-corrected chi connectivity index (χ4v) is 5.07. The van der Waals surface area contributed by atoms with Gasteiger partial charge < -0.3 is 10.5 Å². The van der Waals surface area contributed by atoms with Gasteiger partial charge in [-0.05, 0) is 34.9 Å². The van der Waals surface area contributed by atoms with Crippen LogP contribution in [0.4, 0.5) is 5.69 Å². The summed E-state index contributed by atoms with van der Waals surface area (Å²) in [5.74, 6) is 1.67. The minimum absolute atomic E-state index is 0.0600. The topological polar surface area (TPSA) is 52.0 Å². The van der Waals surface area contributed by atoms with Crippen molar-refractivity contribution in [3.8, 4) is 16.9 Å². The molecular weight excluding hydrogens is 378 g/mol. The van der Waals surface area contributed by atoms with E-state index in [0.717, 1.165) is 40.2 Å². The summed E-state index contributed by atoms with van der Waals surface area (Å²) >= 11 is 1.60. The molecule has 5 heteroatoms. The highest BCUT2D eigenvalue weighted by Crippen LogP contribution is 2.51. The van der Waals surface area contributed by atoms with Crippen molar-refractivity contribution in [1.29, 1.82) is 0 Å². The lowest BCUT2D eigenvalue weighted by Crippen LogP contribution is -2.34. The van der Waals surface area contributed by atoms with Gasteiger partial charge in [-0.15, -0.1) is 0 Å². The van der Waals surface area contributed by atoms with E-state index in [9.17, 15) is 0 Å². The number of nitrogens with two attached hydrogens (primary N) is 1. The van der Waals surface area contributed by atoms with Crippen molar-refractivity contribution in [1.82, 2.24) is 0 Å². The summed E-state index contributed by atoms with van der Waals surface area (Å²) in [6.07, 6.45) is 0.693. The minimum Gasteiger partial charge on any atom is -0.485 e. The Morgan fingerprint density at radius 3 is 2.62 bits per heavy atom. The SMILES string of the molecule is [C-]#[N+]c1cccc(-c2ccc3c(c2)C2(CSC(N)=N2)CC(c2ccccc2)O3)c1. The number of aliphatic imine (C=N–C) groups is 1. The molecule has 2 aliphatic rings. The first-order valence-corrected chi connectivity index (χ1v) is 10.5. The molecule has 29 heavy (non-hydrogen) atoms. The van der Waals surface area contributed by atoms with Crippen LogP contribution in [0.1, 0.15) is 23.7 Å². The van der Waals surface area contributed by atoms with E-state index in [0.29, 0.717) is 10.9 Å². The number of hydrogen-bond donors (Lipinski definition) is 1. The number of amidine groups is 1. The first kappa shape index (κ1) is 17.8. The second-order valence-corrected chi connectivity index (χ2v) is 8.36. The molecule has 2 atom stereocenters. The Hall–Kier alpha value is -3.23. The van der Waals surface area contributed by atoms with Crippen molar-refractivity contribution in [2.45, 2.75) is 18.1 Å². The van der Waals surface area contributed by atoms with Crippen molar-refractivity contribution in [3.63, 3.8) is 0 Å². The Labute approximate surface area is 174 Å². The molecule has 0 saturated heterocycles. The molecule has 2 N–H and O–H groups in total. The highest BCUT2D eigenvalue weighted by atomic mass is 32.2. The van der Waals surface area contributed by atoms with E-state index >= 15 is 0 Å². The molecule has 4 nitrogen and oxygen atoms in total. The third-order valence-electron chi connectivity index (χ3n) is 5.54. The monoisotopic (exact) mass is 397 g/mol. The lowest BCUT2D eigenvalue weighted by atomic mass is 9.81. The zero-order valence-corrected chi connectivity index (χ0v) is 16.5. The highest BCUT2D eigenvalue weighted by molar-refractivity contribution is 8.14. The lowest BCUT2D eigenvalue weighted by Gasteiger charge is -2.38. The molecule has 0 bridgehead atoms. The first-order chi connectivity index (χ1) is 14.2. The van der Waals surface area contributed by atoms with E-state index < -0.39 is 5.54 Å². The number of nitrogens with zero attached hydrogens (tertiary/aromatic N) is 2. The smallest absolute Gasteiger partial charge is 0.187 e. The van der Waals surface area contributed by atoms with Crippen LogP contribution in [0.25, 0.3) is 16.0 Å². The Balaban J connectivity index is 1.62. The number of benzene rings is 3. The number of hydrogen-bond acceptors (Lipinski definition) is 4. The number of fused-ring (bicyclic) bond motifs is 2. The lowest BCUT2D eigenvalue weighted by molar-refractivity contribution is 0.135. The van der Waals surface area contributed by atoms with Crippen molar-refractivity contribution in [2.75, 3.05) is 5.75 Å². The van der Waals surface area contributed by atoms with Crippen LogP contribution in [0.3, 0.4) is 0 Å². The van der Waals surface area contributed by atoms with E-state index in [4.69, 9.17) is 22.0 Å². The first-order valence-electron chi connectivity index (χ1n) is 9.49. The second-order valence-electron chi connectivity index (χ2n) is 7.36. The molecule has 2 aliphatic heterocycles. The van der Waals surface area contributed by atoms with Gasteiger partial charge in [-0.2, -0.15) is 0 Å². The molecule has 1 spiro atoms. The number of thioether (sulfide) groups is 1. The summed E-state index contributed by atoms with van der Waals surface area (Å²) in [4.78, 5) is 8.45. The summed E-state index contributed by atoms with van der Waals surface area (Å²) in [6.45, 7) is 7.28. The summed E-state index contributed by atoms with van der Waals surface area (Å²) < 4.78 is 6.41. The van der Waals surface area contributed by atoms with E-state index in [1.165, 1.54) is 0 Å². The third-order valence-corrected chi connectivity index (χ3v) is 6.55. The van der Waals surface area contributed by atoms with Gasteiger partial charge in [0.05, 0.1) is 6.57 Å². The van der Waals surface area contributed by atoms with Crippen molar-refractivity contribution in [2.24, 2.45) is 10.7 Å². The predicted octanol–water partition coefficient (Wildman–Crippen LogP) is 5.68. The Kier molecular flexibility index (Phi) is 4.30. The molecule has 3 aromatic carbocycles. The Bertz CT molecular complexity index is 1150. The molecule has 0 saturated carbocycles. The average Bonchev–Trinajstić information content (AvgIpc) is 3.15. The molecule has 0 aliphatic carbocycles. The van der Waals surface area contributed by atoms with Crippen LogP contribution in [0.15, 0.2) is 77.8 Å². The molecular formula is C24H19N3OS. The van der Waals surface area contributed by atoms with Gasteiger partial charge in [0.1, 0.15) is 17.4 Å². The number of rotatable bonds is 2. The van der Waals surface area contributed by atoms with E-state index in [2.05, 4.69) is 29.1 Å². The average molecular weight is 398 g/mol. The third kappa shape index (κ3) is 3.16. The quantitative estimate of drug-likeness (QED) is 0.566. The van der Waals surface area contributed by atoms with Gasteiger partial charge >= 0.3 is 0 Å². The van der Waals surface area contributed by atoms with E-state index in [1.807, 2.05) is 48.5 Å². The van der Waals surface area contributed by atoms with E-state index in [-0.39, 0.29) is 6.10 Å². The zero-order valence-electron chi connectivity index (χ0n) is 15.7. The predicted molar refractivity (Wildman–Crippen MR) is 118 cm³/mol. The van der Waals surface area contributed by atoms with Gasteiger partial charge in [-0.25, -0.2) is 4.85 Å². The molecule has 142 valence electrons. The minimum atomic E-state index is -0.393. The molecule has 2 heterocycles. The van der Waals surface area contributed by atoms with Crippen molar-refractivity contribution in [3.05, 3.63) is 95.3 Å². The molecule has 0 amide bonds. The van der Waals surface area contributed by atoms with Crippen LogP contribution in [0.5, 0.6) is 5.75 Å². The van der Waals surface area contributed by atoms with Crippen LogP contribution >= 0.6 is 11.8 Å². The van der Waals surface area contributed by atoms with Gasteiger partial charge in [-0.3, -0.25) is 4.99 Å². The van der Waals surface area contributed by atoms with E-state index in [1.54, 1.807) is 11.8 Å². The van der Waals surface area contributed by atoms with Crippen LogP contribution < -0.4 is 10.5 Å². The molecule has 3 aromatic rings. The fraction of sp³-hybridized carbons (Fsp3) is 0.167. The summed E-state index contributed by atoms with van der Waals surface area (Å²) in [7, 11) is 0. The van der Waals surface area contributed by atoms with Gasteiger partial charge in [-0.1, -0.05) is 66.4 Å². The largest absolute Gasteiger partial charge is 0.485 e. The fourth-order valence-electron chi connectivity index (χ4n) is 4.11. The summed E-state index contributed by atoms with van der Waals surface area (Å²) in [6, 6.07) is 24.2. The molecule has 0 aromatic heterocycles. The van der Waals surface area contributed by atoms with Gasteiger partial charge in [0, 0.05) is 17.7 Å². The van der Waals surface area contributed by atoms with Crippen LogP contribution in [-0.2, 0) is 5.54 Å². The maximum absolute atomic E-state index is 7.28. The maximum atomic E-state index is 7.28. The Morgan fingerprint density at radius 1 is 1.03 bits per heavy atom. The summed E-state index contributed by atoms with van der Waals surface area (Å²) in [5, 5.41) is 0.630. The standard InChI is InChI=1S/C24H19N3OS/c1-26-19-9-5-8-17(12-19)18-10-11-21-20(13-18)24(15-29-23(25)27-24)14-22(28-21)16-6-3-2-4-7-16/h2-13,22H,14-15H2,(H2,25,27). The van der Waals surface area contributed by atoms with Crippen molar-refractivity contribution < 1.29 is 4.74 Å². The van der Waals surface area contributed by atoms with Crippen LogP contribution in [0, 0.1) is 6.57 Å². The van der Waals surface area contributed by atoms with Gasteiger partial charge in [0.15, 0.2) is 10.9 Å². The molecule has 2 unspecified atom stereocenters. The molecule has 0 fully saturated rings. The van der Waals surface area contributed by atoms with Gasteiger partial charge in [0.2, 0.25) is 0 Å². The summed E-state index contributed by atoms with van der Waals surface area (Å²) in [5.41, 5.74) is 10.6. The highest BCUT2D eigenvalue weighted by Gasteiger charge is 2.45. The van der Waals surface area contributed by atoms with Crippen molar-refractivity contribution >= 4 is 22.6 Å². The molecule has 5 rings (SSSR count). The Morgan fingerprint density at radius 2 is 1.86 bits per heavy atom. The van der Waals surface area contributed by atoms with Gasteiger partial charge in [0.25, 0.3) is 0 Å². The second kappa shape index (κ2) is 6.98.